The Kier molecular flexibility index (Phi) is 5.05. The van der Waals surface area contributed by atoms with Crippen molar-refractivity contribution in [2.45, 2.75) is 50.2 Å². The number of urea groups is 1. The van der Waals surface area contributed by atoms with E-state index in [0.29, 0.717) is 19.5 Å². The van der Waals surface area contributed by atoms with Crippen LogP contribution in [0.25, 0.3) is 0 Å². The van der Waals surface area contributed by atoms with Crippen LogP contribution in [0.15, 0.2) is 0 Å². The average Bonchev–Trinajstić information content (AvgIpc) is 2.45. The number of aliphatic carboxylic acids is 1. The van der Waals surface area contributed by atoms with E-state index in [1.165, 1.54) is 0 Å². The summed E-state index contributed by atoms with van der Waals surface area (Å²) in [7, 11) is 0. The molecule has 0 aromatic heterocycles. The molecule has 2 amide bonds. The molecule has 4 N–H and O–H groups in total. The van der Waals surface area contributed by atoms with Crippen LogP contribution in [0.5, 0.6) is 0 Å². The third kappa shape index (κ3) is 3.65. The van der Waals surface area contributed by atoms with Crippen LogP contribution in [0.1, 0.15) is 38.5 Å². The minimum atomic E-state index is -1.15. The fourth-order valence-electron chi connectivity index (χ4n) is 3.38. The first-order valence-electron chi connectivity index (χ1n) is 7.58. The number of amides is 2. The number of aliphatic hydroxyl groups excluding tert-OH is 1. The monoisotopic (exact) mass is 300 g/mol. The first kappa shape index (κ1) is 16.0. The summed E-state index contributed by atoms with van der Waals surface area (Å²) in [5.41, 5.74) is -0.660. The van der Waals surface area contributed by atoms with Crippen molar-refractivity contribution in [3.05, 3.63) is 0 Å². The van der Waals surface area contributed by atoms with Gasteiger partial charge in [0.1, 0.15) is 6.04 Å². The lowest BCUT2D eigenvalue weighted by Crippen LogP contribution is -2.58. The Morgan fingerprint density at radius 1 is 1.33 bits per heavy atom. The van der Waals surface area contributed by atoms with E-state index >= 15 is 0 Å². The molecule has 2 rings (SSSR count). The molecule has 7 nitrogen and oxygen atoms in total. The van der Waals surface area contributed by atoms with Gasteiger partial charge in [0.25, 0.3) is 0 Å². The van der Waals surface area contributed by atoms with Crippen molar-refractivity contribution in [3.63, 3.8) is 0 Å². The number of nitrogens with one attached hydrogen (secondary N) is 1. The van der Waals surface area contributed by atoms with Crippen LogP contribution in [-0.2, 0) is 4.79 Å². The lowest BCUT2D eigenvalue weighted by Gasteiger charge is -2.47. The molecule has 7 heteroatoms. The number of fused-ring (bicyclic) bond motifs is 1. The van der Waals surface area contributed by atoms with Crippen molar-refractivity contribution in [2.24, 2.45) is 5.92 Å². The molecule has 0 radical (unpaired) electrons. The summed E-state index contributed by atoms with van der Waals surface area (Å²) in [5.74, 6) is -1.07. The molecule has 21 heavy (non-hydrogen) atoms. The molecule has 1 saturated carbocycles. The van der Waals surface area contributed by atoms with E-state index in [9.17, 15) is 14.7 Å². The van der Waals surface area contributed by atoms with Gasteiger partial charge in [-0.15, -0.1) is 0 Å². The summed E-state index contributed by atoms with van der Waals surface area (Å²) in [5, 5.41) is 30.8. The number of likely N-dealkylation sites (tertiary alicyclic amines) is 1. The van der Waals surface area contributed by atoms with Crippen molar-refractivity contribution in [3.8, 4) is 0 Å². The maximum atomic E-state index is 12.2. The maximum absolute atomic E-state index is 12.2. The number of hydrogen-bond donors (Lipinski definition) is 4. The molecular formula is C14H24N2O5. The summed E-state index contributed by atoms with van der Waals surface area (Å²) in [6, 6.07) is -1.50. The molecule has 0 aromatic carbocycles. The van der Waals surface area contributed by atoms with Crippen LogP contribution >= 0.6 is 0 Å². The van der Waals surface area contributed by atoms with E-state index in [0.717, 1.165) is 25.7 Å². The normalized spacial score (nSPS) is 30.4. The number of carbonyl (C=O) groups excluding carboxylic acids is 1. The predicted octanol–water partition coefficient (Wildman–Crippen LogP) is 0.159. The molecule has 2 unspecified atom stereocenters. The van der Waals surface area contributed by atoms with Crippen molar-refractivity contribution < 1.29 is 24.9 Å². The smallest absolute Gasteiger partial charge is 0.326 e. The van der Waals surface area contributed by atoms with Crippen LogP contribution in [0.4, 0.5) is 4.79 Å². The summed E-state index contributed by atoms with van der Waals surface area (Å²) in [6.45, 7) is 0.609. The van der Waals surface area contributed by atoms with Gasteiger partial charge in [0.05, 0.1) is 5.60 Å². The average molecular weight is 300 g/mol. The van der Waals surface area contributed by atoms with E-state index < -0.39 is 23.6 Å². The molecule has 2 fully saturated rings. The van der Waals surface area contributed by atoms with E-state index in [-0.39, 0.29) is 18.9 Å². The van der Waals surface area contributed by atoms with Crippen LogP contribution < -0.4 is 5.32 Å². The number of rotatable bonds is 4. The highest BCUT2D eigenvalue weighted by molar-refractivity contribution is 5.82. The SMILES string of the molecule is O=C(O)[C@H](CCO)NC(=O)N1CCC2(O)CCCCC2C1. The Bertz CT molecular complexity index is 403. The number of carboxylic acids is 1. The van der Waals surface area contributed by atoms with E-state index in [4.69, 9.17) is 10.2 Å². The molecule has 0 spiro atoms. The zero-order valence-corrected chi connectivity index (χ0v) is 12.1. The van der Waals surface area contributed by atoms with Gasteiger partial charge >= 0.3 is 12.0 Å². The van der Waals surface area contributed by atoms with Crippen LogP contribution in [0.2, 0.25) is 0 Å². The van der Waals surface area contributed by atoms with Crippen LogP contribution in [0, 0.1) is 5.92 Å². The molecule has 120 valence electrons. The van der Waals surface area contributed by atoms with Crippen molar-refractivity contribution >= 4 is 12.0 Å². The van der Waals surface area contributed by atoms with Gasteiger partial charge in [0.15, 0.2) is 0 Å². The van der Waals surface area contributed by atoms with Crippen molar-refractivity contribution in [1.29, 1.82) is 0 Å². The lowest BCUT2D eigenvalue weighted by molar-refractivity contribution is -0.139. The third-order valence-electron chi connectivity index (χ3n) is 4.73. The second-order valence-corrected chi connectivity index (χ2v) is 6.09. The quantitative estimate of drug-likeness (QED) is 0.591. The fraction of sp³-hybridized carbons (Fsp3) is 0.857. The van der Waals surface area contributed by atoms with Gasteiger partial charge in [0, 0.05) is 32.0 Å². The summed E-state index contributed by atoms with van der Waals surface area (Å²) in [4.78, 5) is 24.7. The predicted molar refractivity (Wildman–Crippen MR) is 74.8 cm³/mol. The zero-order valence-electron chi connectivity index (χ0n) is 12.1. The Balaban J connectivity index is 1.93. The fourth-order valence-corrected chi connectivity index (χ4v) is 3.38. The lowest BCUT2D eigenvalue weighted by atomic mass is 9.71. The summed E-state index contributed by atoms with van der Waals surface area (Å²) < 4.78 is 0. The second kappa shape index (κ2) is 6.62. The minimum absolute atomic E-state index is 0.0116. The number of hydrogen-bond acceptors (Lipinski definition) is 4. The van der Waals surface area contributed by atoms with Gasteiger partial charge in [-0.1, -0.05) is 12.8 Å². The third-order valence-corrected chi connectivity index (χ3v) is 4.73. The Morgan fingerprint density at radius 3 is 2.76 bits per heavy atom. The highest BCUT2D eigenvalue weighted by atomic mass is 16.4. The minimum Gasteiger partial charge on any atom is -0.480 e. The Hall–Kier alpha value is -1.34. The second-order valence-electron chi connectivity index (χ2n) is 6.09. The van der Waals surface area contributed by atoms with Crippen LogP contribution in [0.3, 0.4) is 0 Å². The summed E-state index contributed by atoms with van der Waals surface area (Å²) in [6.07, 6.45) is 4.31. The number of piperidine rings is 1. The highest BCUT2D eigenvalue weighted by Gasteiger charge is 2.44. The van der Waals surface area contributed by atoms with Gasteiger partial charge < -0.3 is 25.5 Å². The molecule has 0 bridgehead atoms. The van der Waals surface area contributed by atoms with Gasteiger partial charge in [-0.2, -0.15) is 0 Å². The molecular weight excluding hydrogens is 276 g/mol. The largest absolute Gasteiger partial charge is 0.480 e. The van der Waals surface area contributed by atoms with E-state index in [2.05, 4.69) is 5.32 Å². The number of aliphatic hydroxyl groups is 2. The maximum Gasteiger partial charge on any atom is 0.326 e. The first-order valence-corrected chi connectivity index (χ1v) is 7.58. The molecule has 3 atom stereocenters. The number of carboxylic acid groups (broad SMARTS) is 1. The van der Waals surface area contributed by atoms with Gasteiger partial charge in [-0.05, 0) is 19.3 Å². The number of nitrogens with zero attached hydrogens (tertiary/aromatic N) is 1. The van der Waals surface area contributed by atoms with Gasteiger partial charge in [-0.3, -0.25) is 0 Å². The highest BCUT2D eigenvalue weighted by Crippen LogP contribution is 2.39. The molecule has 1 heterocycles. The molecule has 1 aliphatic heterocycles. The van der Waals surface area contributed by atoms with Crippen molar-refractivity contribution in [1.82, 2.24) is 10.2 Å². The Morgan fingerprint density at radius 2 is 2.10 bits per heavy atom. The van der Waals surface area contributed by atoms with Crippen molar-refractivity contribution in [2.75, 3.05) is 19.7 Å². The van der Waals surface area contributed by atoms with Gasteiger partial charge in [-0.25, -0.2) is 9.59 Å². The van der Waals surface area contributed by atoms with E-state index in [1.807, 2.05) is 0 Å². The molecule has 2 aliphatic rings. The molecule has 1 aliphatic carbocycles. The zero-order chi connectivity index (χ0) is 15.5. The van der Waals surface area contributed by atoms with Gasteiger partial charge in [0.2, 0.25) is 0 Å². The number of carbonyl (C=O) groups is 2. The standard InChI is InChI=1S/C14H24N2O5/c17-8-4-11(12(18)19)15-13(20)16-7-6-14(21)5-2-1-3-10(14)9-16/h10-11,17,21H,1-9H2,(H,15,20)(H,18,19)/t10?,11-,14?/m0/s1. The molecule has 0 aromatic rings. The van der Waals surface area contributed by atoms with Crippen LogP contribution in [-0.4, -0.2) is 63.6 Å². The Labute approximate surface area is 123 Å². The molecule has 1 saturated heterocycles. The van der Waals surface area contributed by atoms with E-state index in [1.54, 1.807) is 4.90 Å². The first-order chi connectivity index (χ1) is 9.96. The topological polar surface area (TPSA) is 110 Å². The summed E-state index contributed by atoms with van der Waals surface area (Å²) >= 11 is 0.